The summed E-state index contributed by atoms with van der Waals surface area (Å²) in [6.45, 7) is 3.12. The Bertz CT molecular complexity index is 957. The summed E-state index contributed by atoms with van der Waals surface area (Å²) in [7, 11) is 0. The van der Waals surface area contributed by atoms with Crippen molar-refractivity contribution >= 4 is 16.9 Å². The van der Waals surface area contributed by atoms with Gasteiger partial charge in [-0.05, 0) is 42.7 Å². The molecule has 1 saturated heterocycles. The van der Waals surface area contributed by atoms with Crippen LogP contribution in [0.4, 0.5) is 0 Å². The van der Waals surface area contributed by atoms with Gasteiger partial charge in [-0.3, -0.25) is 9.78 Å². The van der Waals surface area contributed by atoms with Crippen molar-refractivity contribution in [3.63, 3.8) is 0 Å². The second-order valence-corrected chi connectivity index (χ2v) is 7.33. The van der Waals surface area contributed by atoms with Crippen molar-refractivity contribution in [1.82, 2.24) is 19.9 Å². The Morgan fingerprint density at radius 3 is 2.89 bits per heavy atom. The number of carbonyl (C=O) groups is 1. The maximum absolute atomic E-state index is 12.5. The van der Waals surface area contributed by atoms with E-state index in [2.05, 4.69) is 15.0 Å². The summed E-state index contributed by atoms with van der Waals surface area (Å²) in [6, 6.07) is 9.84. The van der Waals surface area contributed by atoms with Crippen LogP contribution in [0.5, 0.6) is 0 Å². The van der Waals surface area contributed by atoms with Crippen LogP contribution in [0.25, 0.3) is 11.0 Å². The molecule has 3 aromatic rings. The molecule has 7 heteroatoms. The number of nitrogens with zero attached hydrogens (tertiary/aromatic N) is 3. The van der Waals surface area contributed by atoms with Gasteiger partial charge in [0.05, 0.1) is 17.1 Å². The maximum Gasteiger partial charge on any atom is 0.248 e. The summed E-state index contributed by atoms with van der Waals surface area (Å²) in [5.74, 6) is 0.627. The van der Waals surface area contributed by atoms with Gasteiger partial charge < -0.3 is 19.7 Å². The molecule has 7 nitrogen and oxygen atoms in total. The fourth-order valence-corrected chi connectivity index (χ4v) is 3.70. The van der Waals surface area contributed by atoms with Crippen molar-refractivity contribution in [1.29, 1.82) is 0 Å². The number of H-pyrrole nitrogens is 1. The van der Waals surface area contributed by atoms with E-state index in [1.165, 1.54) is 0 Å². The summed E-state index contributed by atoms with van der Waals surface area (Å²) < 4.78 is 5.58. The number of ether oxygens (including phenoxy) is 1. The van der Waals surface area contributed by atoms with Crippen molar-refractivity contribution in [3.8, 4) is 0 Å². The molecule has 4 rings (SSSR count). The molecule has 1 aromatic carbocycles. The number of carbonyl (C=O) groups excluding carboxylic acids is 1. The lowest BCUT2D eigenvalue weighted by atomic mass is 9.97. The number of para-hydroxylation sites is 1. The molecule has 28 heavy (non-hydrogen) atoms. The average Bonchev–Trinajstić information content (AvgIpc) is 3.27. The van der Waals surface area contributed by atoms with E-state index >= 15 is 0 Å². The maximum atomic E-state index is 12.5. The zero-order chi connectivity index (χ0) is 19.5. The summed E-state index contributed by atoms with van der Waals surface area (Å²) in [6.07, 6.45) is 3.70. The highest BCUT2D eigenvalue weighted by molar-refractivity contribution is 5.79. The van der Waals surface area contributed by atoms with Crippen LogP contribution in [0.2, 0.25) is 0 Å². The van der Waals surface area contributed by atoms with E-state index in [9.17, 15) is 9.90 Å². The number of pyridine rings is 1. The number of aromatic amines is 1. The van der Waals surface area contributed by atoms with Crippen molar-refractivity contribution < 1.29 is 14.6 Å². The molecule has 0 saturated carbocycles. The van der Waals surface area contributed by atoms with Crippen LogP contribution in [0.1, 0.15) is 17.0 Å². The van der Waals surface area contributed by atoms with E-state index < -0.39 is 6.10 Å². The smallest absolute Gasteiger partial charge is 0.248 e. The van der Waals surface area contributed by atoms with Crippen LogP contribution in [0, 0.1) is 12.8 Å². The highest BCUT2D eigenvalue weighted by atomic mass is 16.5. The molecular weight excluding hydrogens is 356 g/mol. The van der Waals surface area contributed by atoms with Gasteiger partial charge in [-0.1, -0.05) is 12.1 Å². The van der Waals surface area contributed by atoms with Gasteiger partial charge in [0.25, 0.3) is 0 Å². The number of aliphatic hydroxyl groups excluding tert-OH is 1. The second kappa shape index (κ2) is 8.08. The number of likely N-dealkylation sites (tertiary alicyclic amines) is 1. The molecule has 0 radical (unpaired) electrons. The number of nitrogens with one attached hydrogen (secondary N) is 1. The standard InChI is InChI=1S/C21H24N4O3/c1-14-3-2-4-17-21(14)24-19(23-17)12-28-13-20(27)25-10-16(18(26)11-25)9-15-5-7-22-8-6-15/h2-8,16,18,26H,9-13H2,1H3,(H,23,24)/t16-,18-/m1/s1. The normalized spacial score (nSPS) is 19.4. The molecule has 2 atom stereocenters. The first-order valence-electron chi connectivity index (χ1n) is 9.47. The molecule has 0 spiro atoms. The minimum absolute atomic E-state index is 0.0231. The van der Waals surface area contributed by atoms with Crippen LogP contribution < -0.4 is 0 Å². The number of imidazole rings is 1. The lowest BCUT2D eigenvalue weighted by Crippen LogP contribution is -2.32. The molecular formula is C21H24N4O3. The Kier molecular flexibility index (Phi) is 5.36. The number of aryl methyl sites for hydroxylation is 1. The number of rotatable bonds is 6. The monoisotopic (exact) mass is 380 g/mol. The van der Waals surface area contributed by atoms with Crippen LogP contribution in [-0.2, 0) is 22.6 Å². The van der Waals surface area contributed by atoms with E-state index in [4.69, 9.17) is 4.74 Å². The van der Waals surface area contributed by atoms with E-state index in [1.54, 1.807) is 17.3 Å². The molecule has 1 aliphatic heterocycles. The van der Waals surface area contributed by atoms with E-state index in [0.29, 0.717) is 18.9 Å². The van der Waals surface area contributed by atoms with Crippen LogP contribution in [0.15, 0.2) is 42.7 Å². The lowest BCUT2D eigenvalue weighted by Gasteiger charge is -2.16. The third kappa shape index (κ3) is 4.05. The average molecular weight is 380 g/mol. The third-order valence-electron chi connectivity index (χ3n) is 5.23. The quantitative estimate of drug-likeness (QED) is 0.681. The topological polar surface area (TPSA) is 91.3 Å². The molecule has 2 aromatic heterocycles. The third-order valence-corrected chi connectivity index (χ3v) is 5.23. The Balaban J connectivity index is 1.28. The molecule has 1 amide bonds. The van der Waals surface area contributed by atoms with Gasteiger partial charge in [-0.25, -0.2) is 4.98 Å². The van der Waals surface area contributed by atoms with Gasteiger partial charge in [0.15, 0.2) is 0 Å². The fourth-order valence-electron chi connectivity index (χ4n) is 3.70. The van der Waals surface area contributed by atoms with Gasteiger partial charge in [-0.2, -0.15) is 0 Å². The van der Waals surface area contributed by atoms with Gasteiger partial charge >= 0.3 is 0 Å². The van der Waals surface area contributed by atoms with Crippen molar-refractivity contribution in [2.45, 2.75) is 26.1 Å². The summed E-state index contributed by atoms with van der Waals surface area (Å²) in [4.78, 5) is 25.9. The molecule has 1 aliphatic rings. The summed E-state index contributed by atoms with van der Waals surface area (Å²) in [5, 5.41) is 10.3. The predicted molar refractivity (Wildman–Crippen MR) is 105 cm³/mol. The highest BCUT2D eigenvalue weighted by Gasteiger charge is 2.33. The SMILES string of the molecule is Cc1cccc2[nH]c(COCC(=O)N3C[C@@H](Cc4ccncc4)[C@H](O)C3)nc12. The minimum Gasteiger partial charge on any atom is -0.391 e. The van der Waals surface area contributed by atoms with Gasteiger partial charge in [0, 0.05) is 31.4 Å². The van der Waals surface area contributed by atoms with Gasteiger partial charge in [0.2, 0.25) is 5.91 Å². The summed E-state index contributed by atoms with van der Waals surface area (Å²) in [5.41, 5.74) is 4.10. The molecule has 0 bridgehead atoms. The largest absolute Gasteiger partial charge is 0.391 e. The molecule has 2 N–H and O–H groups in total. The predicted octanol–water partition coefficient (Wildman–Crippen LogP) is 1.84. The first kappa shape index (κ1) is 18.6. The van der Waals surface area contributed by atoms with Crippen molar-refractivity contribution in [2.24, 2.45) is 5.92 Å². The van der Waals surface area contributed by atoms with Crippen LogP contribution in [0.3, 0.4) is 0 Å². The fraction of sp³-hybridized carbons (Fsp3) is 0.381. The van der Waals surface area contributed by atoms with Crippen LogP contribution in [-0.4, -0.2) is 56.7 Å². The number of aromatic nitrogens is 3. The van der Waals surface area contributed by atoms with E-state index in [1.807, 2.05) is 37.3 Å². The highest BCUT2D eigenvalue weighted by Crippen LogP contribution is 2.21. The Morgan fingerprint density at radius 1 is 1.29 bits per heavy atom. The minimum atomic E-state index is -0.518. The van der Waals surface area contributed by atoms with Crippen molar-refractivity contribution in [2.75, 3.05) is 19.7 Å². The Morgan fingerprint density at radius 2 is 2.11 bits per heavy atom. The molecule has 3 heterocycles. The number of fused-ring (bicyclic) bond motifs is 1. The Hall–Kier alpha value is -2.77. The molecule has 0 aliphatic carbocycles. The van der Waals surface area contributed by atoms with Gasteiger partial charge in [0.1, 0.15) is 19.0 Å². The molecule has 0 unspecified atom stereocenters. The number of hydrogen-bond acceptors (Lipinski definition) is 5. The van der Waals surface area contributed by atoms with Crippen molar-refractivity contribution in [3.05, 3.63) is 59.7 Å². The first-order valence-corrected chi connectivity index (χ1v) is 9.47. The number of aliphatic hydroxyl groups is 1. The number of β-amino-alcohol motifs (C(OH)–C–C–N with tert-alkyl or cyclic N) is 1. The molecule has 1 fully saturated rings. The van der Waals surface area contributed by atoms with E-state index in [-0.39, 0.29) is 25.0 Å². The Labute approximate surface area is 163 Å². The zero-order valence-corrected chi connectivity index (χ0v) is 15.8. The second-order valence-electron chi connectivity index (χ2n) is 7.33. The van der Waals surface area contributed by atoms with Gasteiger partial charge in [-0.15, -0.1) is 0 Å². The number of benzene rings is 1. The van der Waals surface area contributed by atoms with E-state index in [0.717, 1.165) is 28.6 Å². The first-order chi connectivity index (χ1) is 13.6. The zero-order valence-electron chi connectivity index (χ0n) is 15.8. The number of hydrogen-bond donors (Lipinski definition) is 2. The number of amides is 1. The van der Waals surface area contributed by atoms with Crippen LogP contribution >= 0.6 is 0 Å². The summed E-state index contributed by atoms with van der Waals surface area (Å²) >= 11 is 0. The lowest BCUT2D eigenvalue weighted by molar-refractivity contribution is -0.136. The molecule has 146 valence electrons.